The first-order valence-electron chi connectivity index (χ1n) is 9.11. The number of hydrogen-bond acceptors (Lipinski definition) is 5. The lowest BCUT2D eigenvalue weighted by Crippen LogP contribution is -2.36. The van der Waals surface area contributed by atoms with Crippen LogP contribution in [0, 0.1) is 6.92 Å². The van der Waals surface area contributed by atoms with E-state index in [1.54, 1.807) is 32.4 Å². The van der Waals surface area contributed by atoms with Gasteiger partial charge >= 0.3 is 0 Å². The highest BCUT2D eigenvalue weighted by molar-refractivity contribution is 14.0. The second-order valence-corrected chi connectivity index (χ2v) is 8.65. The van der Waals surface area contributed by atoms with Gasteiger partial charge in [0.25, 0.3) is 0 Å². The normalized spacial score (nSPS) is 11.6. The van der Waals surface area contributed by atoms with Crippen LogP contribution in [-0.2, 0) is 22.9 Å². The van der Waals surface area contributed by atoms with E-state index in [1.807, 2.05) is 36.4 Å². The van der Waals surface area contributed by atoms with Gasteiger partial charge in [-0.3, -0.25) is 4.99 Å². The molecule has 0 saturated carbocycles. The highest BCUT2D eigenvalue weighted by Crippen LogP contribution is 2.18. The first kappa shape index (κ1) is 23.9. The number of halogens is 1. The molecule has 0 aliphatic heterocycles. The lowest BCUT2D eigenvalue weighted by atomic mass is 10.1. The van der Waals surface area contributed by atoms with Crippen molar-refractivity contribution >= 4 is 39.8 Å². The Labute approximate surface area is 194 Å². The monoisotopic (exact) mass is 540 g/mol. The summed E-state index contributed by atoms with van der Waals surface area (Å²) in [6.07, 6.45) is 2.84. The molecule has 1 aromatic heterocycles. The van der Waals surface area contributed by atoms with Gasteiger partial charge in [-0.2, -0.15) is 0 Å². The SMILES string of the molecule is CN=C(NCc1ccc(S(C)(=O)=O)c(C)c1)NCc1coc(-c2ccccc2)n1.I. The van der Waals surface area contributed by atoms with E-state index in [1.165, 1.54) is 6.26 Å². The minimum absolute atomic E-state index is 0. The summed E-state index contributed by atoms with van der Waals surface area (Å²) in [5.74, 6) is 1.19. The Hall–Kier alpha value is -2.40. The summed E-state index contributed by atoms with van der Waals surface area (Å²) in [6, 6.07) is 15.0. The quantitative estimate of drug-likeness (QED) is 0.282. The molecule has 2 N–H and O–H groups in total. The fourth-order valence-corrected chi connectivity index (χ4v) is 3.88. The molecule has 0 aliphatic carbocycles. The molecule has 0 atom stereocenters. The van der Waals surface area contributed by atoms with E-state index in [4.69, 9.17) is 4.42 Å². The number of aromatic nitrogens is 1. The maximum atomic E-state index is 11.7. The molecule has 9 heteroatoms. The standard InChI is InChI=1S/C21H24N4O3S.HI/c1-15-11-16(9-10-19(15)29(3,26)27)12-23-21(22-2)24-13-18-14-28-20(25-18)17-7-5-4-6-8-17;/h4-11,14H,12-13H2,1-3H3,(H2,22,23,24);1H. The van der Waals surface area contributed by atoms with E-state index in [0.717, 1.165) is 22.4 Å². The molecular weight excluding hydrogens is 515 g/mol. The van der Waals surface area contributed by atoms with Crippen molar-refractivity contribution < 1.29 is 12.8 Å². The van der Waals surface area contributed by atoms with Gasteiger partial charge in [0.2, 0.25) is 5.89 Å². The molecule has 1 heterocycles. The Bertz CT molecular complexity index is 1110. The highest BCUT2D eigenvalue weighted by atomic mass is 127. The predicted molar refractivity (Wildman–Crippen MR) is 129 cm³/mol. The minimum atomic E-state index is -3.22. The molecule has 160 valence electrons. The Morgan fingerprint density at radius 1 is 1.10 bits per heavy atom. The Balaban J connectivity index is 0.00000320. The number of aryl methyl sites for hydroxylation is 1. The zero-order valence-electron chi connectivity index (χ0n) is 17.0. The van der Waals surface area contributed by atoms with Crippen molar-refractivity contribution in [2.45, 2.75) is 24.9 Å². The van der Waals surface area contributed by atoms with Gasteiger partial charge in [-0.1, -0.05) is 30.3 Å². The van der Waals surface area contributed by atoms with Crippen LogP contribution >= 0.6 is 24.0 Å². The Kier molecular flexibility index (Phi) is 8.42. The summed E-state index contributed by atoms with van der Waals surface area (Å²) >= 11 is 0. The third-order valence-corrected chi connectivity index (χ3v) is 5.59. The predicted octanol–water partition coefficient (Wildman–Crippen LogP) is 3.54. The van der Waals surface area contributed by atoms with Gasteiger partial charge in [-0.15, -0.1) is 24.0 Å². The van der Waals surface area contributed by atoms with Crippen molar-refractivity contribution in [1.29, 1.82) is 0 Å². The maximum absolute atomic E-state index is 11.7. The van der Waals surface area contributed by atoms with Crippen LogP contribution in [0.25, 0.3) is 11.5 Å². The van der Waals surface area contributed by atoms with Crippen LogP contribution in [0.4, 0.5) is 0 Å². The van der Waals surface area contributed by atoms with E-state index >= 15 is 0 Å². The molecule has 0 amide bonds. The van der Waals surface area contributed by atoms with Crippen LogP contribution in [0.2, 0.25) is 0 Å². The number of guanidine groups is 1. The minimum Gasteiger partial charge on any atom is -0.444 e. The molecule has 3 aromatic rings. The average Bonchev–Trinajstić information content (AvgIpc) is 3.17. The lowest BCUT2D eigenvalue weighted by molar-refractivity contribution is 0.572. The number of benzene rings is 2. The Morgan fingerprint density at radius 2 is 1.80 bits per heavy atom. The molecule has 0 radical (unpaired) electrons. The highest BCUT2D eigenvalue weighted by Gasteiger charge is 2.11. The molecule has 3 rings (SSSR count). The zero-order chi connectivity index (χ0) is 20.9. The van der Waals surface area contributed by atoms with Crippen molar-refractivity contribution in [3.8, 4) is 11.5 Å². The van der Waals surface area contributed by atoms with Crippen molar-refractivity contribution in [3.63, 3.8) is 0 Å². The van der Waals surface area contributed by atoms with Gasteiger partial charge in [0.05, 0.1) is 17.1 Å². The summed E-state index contributed by atoms with van der Waals surface area (Å²) in [7, 11) is -1.53. The number of rotatable bonds is 6. The van der Waals surface area contributed by atoms with Gasteiger partial charge in [0.15, 0.2) is 15.8 Å². The van der Waals surface area contributed by atoms with Crippen LogP contribution in [0.3, 0.4) is 0 Å². The maximum Gasteiger partial charge on any atom is 0.226 e. The van der Waals surface area contributed by atoms with E-state index in [0.29, 0.717) is 29.8 Å². The molecule has 0 saturated heterocycles. The molecule has 0 aliphatic rings. The molecule has 0 fully saturated rings. The van der Waals surface area contributed by atoms with Crippen molar-refractivity contribution in [1.82, 2.24) is 15.6 Å². The van der Waals surface area contributed by atoms with E-state index in [-0.39, 0.29) is 24.0 Å². The van der Waals surface area contributed by atoms with Crippen LogP contribution in [0.1, 0.15) is 16.8 Å². The largest absolute Gasteiger partial charge is 0.444 e. The molecule has 7 nitrogen and oxygen atoms in total. The van der Waals surface area contributed by atoms with Gasteiger partial charge in [-0.05, 0) is 36.2 Å². The number of sulfone groups is 1. The second-order valence-electron chi connectivity index (χ2n) is 6.66. The van der Waals surface area contributed by atoms with Crippen molar-refractivity contribution in [2.24, 2.45) is 4.99 Å². The zero-order valence-corrected chi connectivity index (χ0v) is 20.2. The third-order valence-electron chi connectivity index (χ3n) is 4.33. The van der Waals surface area contributed by atoms with E-state index in [2.05, 4.69) is 20.6 Å². The number of aliphatic imine (C=N–C) groups is 1. The molecule has 0 unspecified atom stereocenters. The third kappa shape index (κ3) is 6.30. The fraction of sp³-hybridized carbons (Fsp3) is 0.238. The number of nitrogens with zero attached hydrogens (tertiary/aromatic N) is 2. The van der Waals surface area contributed by atoms with Crippen LogP contribution in [0.15, 0.2) is 69.1 Å². The van der Waals surface area contributed by atoms with Gasteiger partial charge in [0, 0.05) is 25.4 Å². The number of nitrogens with one attached hydrogen (secondary N) is 2. The van der Waals surface area contributed by atoms with Gasteiger partial charge in [-0.25, -0.2) is 13.4 Å². The summed E-state index contributed by atoms with van der Waals surface area (Å²) in [5, 5.41) is 6.40. The van der Waals surface area contributed by atoms with E-state index < -0.39 is 9.84 Å². The topological polar surface area (TPSA) is 96.6 Å². The number of oxazole rings is 1. The summed E-state index contributed by atoms with van der Waals surface area (Å²) in [4.78, 5) is 9.03. The van der Waals surface area contributed by atoms with Crippen LogP contribution < -0.4 is 10.6 Å². The average molecular weight is 540 g/mol. The molecule has 30 heavy (non-hydrogen) atoms. The van der Waals surface area contributed by atoms with Crippen molar-refractivity contribution in [2.75, 3.05) is 13.3 Å². The first-order chi connectivity index (χ1) is 13.9. The van der Waals surface area contributed by atoms with Crippen molar-refractivity contribution in [3.05, 3.63) is 71.6 Å². The van der Waals surface area contributed by atoms with Crippen LogP contribution in [-0.4, -0.2) is 32.7 Å². The summed E-state index contributed by atoms with van der Waals surface area (Å²) < 4.78 is 29.0. The van der Waals surface area contributed by atoms with Gasteiger partial charge < -0.3 is 15.1 Å². The molecule has 0 bridgehead atoms. The van der Waals surface area contributed by atoms with Gasteiger partial charge in [0.1, 0.15) is 6.26 Å². The Morgan fingerprint density at radius 3 is 2.43 bits per heavy atom. The first-order valence-corrected chi connectivity index (χ1v) is 11.0. The second kappa shape index (κ2) is 10.6. The molecular formula is C21H25IN4O3S. The smallest absolute Gasteiger partial charge is 0.226 e. The summed E-state index contributed by atoms with van der Waals surface area (Å²) in [5.41, 5.74) is 3.38. The fourth-order valence-electron chi connectivity index (χ4n) is 2.92. The molecule has 2 aromatic carbocycles. The lowest BCUT2D eigenvalue weighted by Gasteiger charge is -2.12. The number of hydrogen-bond donors (Lipinski definition) is 2. The van der Waals surface area contributed by atoms with Crippen LogP contribution in [0.5, 0.6) is 0 Å². The summed E-state index contributed by atoms with van der Waals surface area (Å²) in [6.45, 7) is 2.77. The van der Waals surface area contributed by atoms with E-state index in [9.17, 15) is 8.42 Å². The molecule has 0 spiro atoms.